The number of hydrogen-bond donors (Lipinski definition) is 1. The lowest BCUT2D eigenvalue weighted by atomic mass is 10.0. The van der Waals surface area contributed by atoms with E-state index in [2.05, 4.69) is 18.2 Å². The molecule has 5 nitrogen and oxygen atoms in total. The van der Waals surface area contributed by atoms with E-state index in [9.17, 15) is 13.2 Å². The number of ether oxygens (including phenoxy) is 1. The Morgan fingerprint density at radius 3 is 2.30 bits per heavy atom. The molecule has 0 saturated carbocycles. The maximum atomic E-state index is 12.4. The van der Waals surface area contributed by atoms with Crippen LogP contribution in [0.15, 0.2) is 24.3 Å². The zero-order chi connectivity index (χ0) is 18.1. The SMILES string of the molecule is C=C/C=C(\CCCCC)[C@H](NS(=O)(=O)C(C)(C)C)C(=O)OCC. The fourth-order valence-electron chi connectivity index (χ4n) is 1.89. The molecule has 0 aliphatic rings. The number of hydrogen-bond acceptors (Lipinski definition) is 4. The number of rotatable bonds is 10. The Labute approximate surface area is 141 Å². The molecular formula is C17H31NO4S. The normalized spacial score (nSPS) is 14.4. The van der Waals surface area contributed by atoms with Crippen LogP contribution in [0.5, 0.6) is 0 Å². The Morgan fingerprint density at radius 2 is 1.87 bits per heavy atom. The number of esters is 1. The lowest BCUT2D eigenvalue weighted by Crippen LogP contribution is -2.49. The van der Waals surface area contributed by atoms with Crippen molar-refractivity contribution < 1.29 is 17.9 Å². The highest BCUT2D eigenvalue weighted by atomic mass is 32.2. The minimum absolute atomic E-state index is 0.197. The van der Waals surface area contributed by atoms with Crippen molar-refractivity contribution in [1.82, 2.24) is 4.72 Å². The van der Waals surface area contributed by atoms with Crippen molar-refractivity contribution in [2.24, 2.45) is 0 Å². The average Bonchev–Trinajstić information content (AvgIpc) is 2.43. The molecule has 0 bridgehead atoms. The summed E-state index contributed by atoms with van der Waals surface area (Å²) >= 11 is 0. The predicted molar refractivity (Wildman–Crippen MR) is 94.7 cm³/mol. The quantitative estimate of drug-likeness (QED) is 0.374. The van der Waals surface area contributed by atoms with Crippen molar-refractivity contribution in [3.8, 4) is 0 Å². The Hall–Kier alpha value is -1.14. The van der Waals surface area contributed by atoms with E-state index in [1.54, 1.807) is 39.8 Å². The van der Waals surface area contributed by atoms with Crippen LogP contribution in [0.1, 0.15) is 60.3 Å². The standard InChI is InChI=1S/C17H31NO4S/c1-7-10-11-13-14(12-8-2)15(16(19)22-9-3)18-23(20,21)17(4,5)6/h8,12,15,18H,2,7,9-11,13H2,1,3-6H3/b14-12+/t15-/m0/s1. The first kappa shape index (κ1) is 21.9. The van der Waals surface area contributed by atoms with E-state index in [4.69, 9.17) is 4.74 Å². The van der Waals surface area contributed by atoms with Crippen LogP contribution >= 0.6 is 0 Å². The Morgan fingerprint density at radius 1 is 1.26 bits per heavy atom. The highest BCUT2D eigenvalue weighted by Gasteiger charge is 2.35. The van der Waals surface area contributed by atoms with Gasteiger partial charge < -0.3 is 4.74 Å². The molecule has 0 unspecified atom stereocenters. The largest absolute Gasteiger partial charge is 0.465 e. The lowest BCUT2D eigenvalue weighted by Gasteiger charge is -2.26. The van der Waals surface area contributed by atoms with Gasteiger partial charge in [-0.2, -0.15) is 4.72 Å². The first-order valence-electron chi connectivity index (χ1n) is 8.10. The number of sulfonamides is 1. The smallest absolute Gasteiger partial charge is 0.328 e. The topological polar surface area (TPSA) is 72.5 Å². The van der Waals surface area contributed by atoms with E-state index in [1.165, 1.54) is 0 Å². The maximum Gasteiger partial charge on any atom is 0.328 e. The molecule has 0 fully saturated rings. The van der Waals surface area contributed by atoms with Gasteiger partial charge in [-0.15, -0.1) is 0 Å². The second kappa shape index (κ2) is 9.88. The van der Waals surface area contributed by atoms with E-state index in [0.717, 1.165) is 19.3 Å². The molecule has 134 valence electrons. The highest BCUT2D eigenvalue weighted by Crippen LogP contribution is 2.20. The number of allylic oxidation sites excluding steroid dienone is 2. The zero-order valence-corrected chi connectivity index (χ0v) is 15.8. The van der Waals surface area contributed by atoms with Crippen LogP contribution in [0.2, 0.25) is 0 Å². The van der Waals surface area contributed by atoms with Crippen LogP contribution in [0, 0.1) is 0 Å². The molecule has 0 aromatic carbocycles. The lowest BCUT2D eigenvalue weighted by molar-refractivity contribution is -0.144. The van der Waals surface area contributed by atoms with Crippen molar-refractivity contribution >= 4 is 16.0 Å². The van der Waals surface area contributed by atoms with Crippen LogP contribution < -0.4 is 4.72 Å². The summed E-state index contributed by atoms with van der Waals surface area (Å²) in [4.78, 5) is 12.3. The van der Waals surface area contributed by atoms with Gasteiger partial charge in [0.25, 0.3) is 0 Å². The molecule has 0 spiro atoms. The maximum absolute atomic E-state index is 12.4. The predicted octanol–water partition coefficient (Wildman–Crippen LogP) is 3.33. The molecule has 0 heterocycles. The van der Waals surface area contributed by atoms with Crippen LogP contribution in [0.25, 0.3) is 0 Å². The third-order valence-corrected chi connectivity index (χ3v) is 5.53. The molecule has 0 aromatic heterocycles. The Kier molecular flexibility index (Phi) is 9.39. The summed E-state index contributed by atoms with van der Waals surface area (Å²) in [6.07, 6.45) is 6.82. The van der Waals surface area contributed by atoms with Gasteiger partial charge in [0.2, 0.25) is 10.0 Å². The Balaban J connectivity index is 5.53. The van der Waals surface area contributed by atoms with Gasteiger partial charge in [0.05, 0.1) is 11.4 Å². The molecule has 0 aliphatic carbocycles. The molecule has 23 heavy (non-hydrogen) atoms. The van der Waals surface area contributed by atoms with Crippen molar-refractivity contribution in [3.05, 3.63) is 24.3 Å². The summed E-state index contributed by atoms with van der Waals surface area (Å²) in [5.74, 6) is -0.579. The minimum Gasteiger partial charge on any atom is -0.465 e. The molecule has 1 atom stereocenters. The summed E-state index contributed by atoms with van der Waals surface area (Å²) in [6.45, 7) is 12.4. The average molecular weight is 346 g/mol. The van der Waals surface area contributed by atoms with Gasteiger partial charge in [-0.1, -0.05) is 38.5 Å². The number of nitrogens with one attached hydrogen (secondary N) is 1. The molecule has 6 heteroatoms. The van der Waals surface area contributed by atoms with Crippen molar-refractivity contribution in [3.63, 3.8) is 0 Å². The fraction of sp³-hybridized carbons (Fsp3) is 0.706. The van der Waals surface area contributed by atoms with E-state index in [1.807, 2.05) is 0 Å². The zero-order valence-electron chi connectivity index (χ0n) is 15.0. The van der Waals surface area contributed by atoms with E-state index >= 15 is 0 Å². The number of carbonyl (C=O) groups is 1. The number of unbranched alkanes of at least 4 members (excludes halogenated alkanes) is 2. The van der Waals surface area contributed by atoms with Crippen molar-refractivity contribution in [2.45, 2.75) is 71.1 Å². The van der Waals surface area contributed by atoms with Gasteiger partial charge in [0.1, 0.15) is 6.04 Å². The van der Waals surface area contributed by atoms with Crippen LogP contribution in [-0.4, -0.2) is 31.8 Å². The molecule has 0 saturated heterocycles. The van der Waals surface area contributed by atoms with Gasteiger partial charge in [-0.25, -0.2) is 13.2 Å². The van der Waals surface area contributed by atoms with Crippen molar-refractivity contribution in [2.75, 3.05) is 6.61 Å². The van der Waals surface area contributed by atoms with Gasteiger partial charge in [-0.05, 0) is 46.1 Å². The molecular weight excluding hydrogens is 314 g/mol. The summed E-state index contributed by atoms with van der Waals surface area (Å²) in [5.41, 5.74) is 0.680. The Bertz CT molecular complexity index is 515. The third kappa shape index (κ3) is 7.31. The molecule has 0 rings (SSSR count). The van der Waals surface area contributed by atoms with E-state index < -0.39 is 26.8 Å². The van der Waals surface area contributed by atoms with Crippen LogP contribution in [0.3, 0.4) is 0 Å². The van der Waals surface area contributed by atoms with Crippen LogP contribution in [-0.2, 0) is 19.6 Å². The highest BCUT2D eigenvalue weighted by molar-refractivity contribution is 7.90. The summed E-state index contributed by atoms with van der Waals surface area (Å²) in [7, 11) is -3.68. The van der Waals surface area contributed by atoms with Crippen molar-refractivity contribution in [1.29, 1.82) is 0 Å². The summed E-state index contributed by atoms with van der Waals surface area (Å²) in [6, 6.07) is -1.01. The molecule has 0 radical (unpaired) electrons. The van der Waals surface area contributed by atoms with E-state index in [0.29, 0.717) is 12.0 Å². The fourth-order valence-corrected chi connectivity index (χ4v) is 2.80. The first-order valence-corrected chi connectivity index (χ1v) is 9.59. The monoisotopic (exact) mass is 345 g/mol. The minimum atomic E-state index is -3.68. The van der Waals surface area contributed by atoms with Gasteiger partial charge >= 0.3 is 5.97 Å². The van der Waals surface area contributed by atoms with E-state index in [-0.39, 0.29) is 6.61 Å². The van der Waals surface area contributed by atoms with Gasteiger partial charge in [0, 0.05) is 0 Å². The first-order chi connectivity index (χ1) is 10.6. The molecule has 0 amide bonds. The van der Waals surface area contributed by atoms with Gasteiger partial charge in [-0.3, -0.25) is 0 Å². The molecule has 1 N–H and O–H groups in total. The molecule has 0 aliphatic heterocycles. The second-order valence-electron chi connectivity index (χ2n) is 6.35. The molecule has 0 aromatic rings. The van der Waals surface area contributed by atoms with Crippen LogP contribution in [0.4, 0.5) is 0 Å². The summed E-state index contributed by atoms with van der Waals surface area (Å²) in [5, 5.41) is 0. The summed E-state index contributed by atoms with van der Waals surface area (Å²) < 4.78 is 31.4. The number of carbonyl (C=O) groups excluding carboxylic acids is 1. The van der Waals surface area contributed by atoms with Gasteiger partial charge in [0.15, 0.2) is 0 Å². The third-order valence-electron chi connectivity index (χ3n) is 3.37. The second-order valence-corrected chi connectivity index (χ2v) is 8.82.